The van der Waals surface area contributed by atoms with Crippen LogP contribution in [0.3, 0.4) is 0 Å². The maximum absolute atomic E-state index is 13.7. The molecule has 0 aliphatic carbocycles. The minimum Gasteiger partial charge on any atom is -0.497 e. The molecule has 1 amide bonds. The Balaban J connectivity index is 2.22. The van der Waals surface area contributed by atoms with Crippen molar-refractivity contribution in [3.63, 3.8) is 0 Å². The Morgan fingerprint density at radius 2 is 1.70 bits per heavy atom. The molecule has 0 spiro atoms. The highest BCUT2D eigenvalue weighted by Crippen LogP contribution is 2.17. The Bertz CT molecular complexity index is 1120. The summed E-state index contributed by atoms with van der Waals surface area (Å²) in [6.45, 7) is -0.888. The SMILES string of the molecule is COc1ccc(S(=O)(=O)NC(CNS(=O)(=O)c2ccc(F)cc2F)C(=O)NO)cc1. The number of amides is 1. The first-order chi connectivity index (χ1) is 14.0. The minimum absolute atomic E-state index is 0.272. The number of carbonyl (C=O) groups excluding carboxylic acids is 1. The predicted molar refractivity (Wildman–Crippen MR) is 98.6 cm³/mol. The Hall–Kier alpha value is -2.65. The summed E-state index contributed by atoms with van der Waals surface area (Å²) in [5.74, 6) is -3.30. The van der Waals surface area contributed by atoms with Gasteiger partial charge in [0.25, 0.3) is 5.91 Å². The van der Waals surface area contributed by atoms with E-state index in [1.54, 1.807) is 0 Å². The number of hydroxylamine groups is 1. The topological polar surface area (TPSA) is 151 Å². The average molecular weight is 465 g/mol. The molecule has 14 heteroatoms. The van der Waals surface area contributed by atoms with Gasteiger partial charge in [0.15, 0.2) is 0 Å². The van der Waals surface area contributed by atoms with Crippen LogP contribution >= 0.6 is 0 Å². The van der Waals surface area contributed by atoms with Gasteiger partial charge < -0.3 is 4.74 Å². The molecule has 0 heterocycles. The standard InChI is InChI=1S/C16H17F2N3O7S2/c1-28-11-3-5-12(6-4-11)29(24,25)21-14(16(22)20-23)9-19-30(26,27)15-7-2-10(17)8-13(15)18/h2-8,14,19,21,23H,9H2,1H3,(H,20,22). The number of rotatable bonds is 9. The molecule has 30 heavy (non-hydrogen) atoms. The smallest absolute Gasteiger partial charge is 0.262 e. The van der Waals surface area contributed by atoms with Crippen LogP contribution < -0.4 is 19.7 Å². The van der Waals surface area contributed by atoms with E-state index in [2.05, 4.69) is 0 Å². The number of halogens is 2. The second-order valence-electron chi connectivity index (χ2n) is 5.75. The van der Waals surface area contributed by atoms with E-state index in [4.69, 9.17) is 9.94 Å². The highest BCUT2D eigenvalue weighted by molar-refractivity contribution is 7.90. The molecule has 0 bridgehead atoms. The molecule has 10 nitrogen and oxygen atoms in total. The largest absolute Gasteiger partial charge is 0.497 e. The van der Waals surface area contributed by atoms with Crippen LogP contribution in [0.15, 0.2) is 52.3 Å². The van der Waals surface area contributed by atoms with Crippen molar-refractivity contribution in [3.05, 3.63) is 54.1 Å². The average Bonchev–Trinajstić information content (AvgIpc) is 2.70. The molecule has 0 aliphatic heterocycles. The fourth-order valence-electron chi connectivity index (χ4n) is 2.24. The number of hydrogen-bond donors (Lipinski definition) is 4. The van der Waals surface area contributed by atoms with Gasteiger partial charge in [0.2, 0.25) is 20.0 Å². The van der Waals surface area contributed by atoms with Crippen LogP contribution in [-0.4, -0.2) is 47.6 Å². The second-order valence-corrected chi connectivity index (χ2v) is 9.20. The minimum atomic E-state index is -4.58. The molecule has 2 rings (SSSR count). The Labute approximate surface area is 170 Å². The van der Waals surface area contributed by atoms with E-state index in [1.807, 2.05) is 9.44 Å². The number of carbonyl (C=O) groups is 1. The summed E-state index contributed by atoms with van der Waals surface area (Å²) in [5.41, 5.74) is 1.21. The number of benzene rings is 2. The first-order valence-electron chi connectivity index (χ1n) is 8.05. The third-order valence-electron chi connectivity index (χ3n) is 3.75. The lowest BCUT2D eigenvalue weighted by molar-refractivity contribution is -0.130. The van der Waals surface area contributed by atoms with Crippen molar-refractivity contribution in [2.75, 3.05) is 13.7 Å². The van der Waals surface area contributed by atoms with Crippen LogP contribution in [0.5, 0.6) is 5.75 Å². The van der Waals surface area contributed by atoms with Crippen molar-refractivity contribution >= 4 is 26.0 Å². The monoisotopic (exact) mass is 465 g/mol. The van der Waals surface area contributed by atoms with E-state index in [0.29, 0.717) is 23.9 Å². The van der Waals surface area contributed by atoms with Crippen molar-refractivity contribution < 1.29 is 40.4 Å². The van der Waals surface area contributed by atoms with Crippen LogP contribution in [0.4, 0.5) is 8.78 Å². The third kappa shape index (κ3) is 5.70. The molecule has 0 fully saturated rings. The zero-order chi connectivity index (χ0) is 22.5. The van der Waals surface area contributed by atoms with E-state index >= 15 is 0 Å². The zero-order valence-electron chi connectivity index (χ0n) is 15.3. The maximum atomic E-state index is 13.7. The number of methoxy groups -OCH3 is 1. The first kappa shape index (κ1) is 23.6. The van der Waals surface area contributed by atoms with Gasteiger partial charge in [-0.15, -0.1) is 0 Å². The van der Waals surface area contributed by atoms with Crippen molar-refractivity contribution in [1.29, 1.82) is 0 Å². The molecule has 4 N–H and O–H groups in total. The lowest BCUT2D eigenvalue weighted by Gasteiger charge is -2.18. The maximum Gasteiger partial charge on any atom is 0.262 e. The van der Waals surface area contributed by atoms with Crippen LogP contribution in [0, 0.1) is 11.6 Å². The molecule has 2 aromatic carbocycles. The molecule has 0 radical (unpaired) electrons. The highest BCUT2D eigenvalue weighted by Gasteiger charge is 2.28. The van der Waals surface area contributed by atoms with Gasteiger partial charge in [-0.3, -0.25) is 10.0 Å². The summed E-state index contributed by atoms with van der Waals surface area (Å²) in [7, 11) is -7.53. The van der Waals surface area contributed by atoms with E-state index < -0.39 is 55.1 Å². The van der Waals surface area contributed by atoms with Gasteiger partial charge in [-0.05, 0) is 36.4 Å². The van der Waals surface area contributed by atoms with E-state index in [0.717, 1.165) is 0 Å². The summed E-state index contributed by atoms with van der Waals surface area (Å²) < 4.78 is 84.8. The Morgan fingerprint density at radius 3 is 2.23 bits per heavy atom. The quantitative estimate of drug-likeness (QED) is 0.303. The molecule has 1 unspecified atom stereocenters. The summed E-state index contributed by atoms with van der Waals surface area (Å²) in [4.78, 5) is 10.6. The van der Waals surface area contributed by atoms with Gasteiger partial charge >= 0.3 is 0 Å². The van der Waals surface area contributed by atoms with Crippen LogP contribution in [0.1, 0.15) is 0 Å². The zero-order valence-corrected chi connectivity index (χ0v) is 16.9. The number of nitrogens with one attached hydrogen (secondary N) is 3. The third-order valence-corrected chi connectivity index (χ3v) is 6.70. The summed E-state index contributed by atoms with van der Waals surface area (Å²) in [6.07, 6.45) is 0. The molecule has 0 saturated carbocycles. The van der Waals surface area contributed by atoms with Gasteiger partial charge in [0.05, 0.1) is 12.0 Å². The van der Waals surface area contributed by atoms with Crippen molar-refractivity contribution in [2.45, 2.75) is 15.8 Å². The van der Waals surface area contributed by atoms with Gasteiger partial charge in [-0.1, -0.05) is 0 Å². The van der Waals surface area contributed by atoms with Gasteiger partial charge in [0, 0.05) is 12.6 Å². The van der Waals surface area contributed by atoms with E-state index in [9.17, 15) is 30.4 Å². The summed E-state index contributed by atoms with van der Waals surface area (Å²) >= 11 is 0. The van der Waals surface area contributed by atoms with Crippen LogP contribution in [0.25, 0.3) is 0 Å². The van der Waals surface area contributed by atoms with E-state index in [-0.39, 0.29) is 4.90 Å². The summed E-state index contributed by atoms with van der Waals surface area (Å²) in [6, 6.07) is 4.95. The lowest BCUT2D eigenvalue weighted by atomic mass is 10.3. The summed E-state index contributed by atoms with van der Waals surface area (Å²) in [5, 5.41) is 8.83. The van der Waals surface area contributed by atoms with Crippen LogP contribution in [-0.2, 0) is 24.8 Å². The lowest BCUT2D eigenvalue weighted by Crippen LogP contribution is -2.51. The number of ether oxygens (including phenoxy) is 1. The molecule has 164 valence electrons. The van der Waals surface area contributed by atoms with Crippen molar-refractivity contribution in [2.24, 2.45) is 0 Å². The molecule has 0 aromatic heterocycles. The predicted octanol–water partition coefficient (Wildman–Crippen LogP) is 0.104. The van der Waals surface area contributed by atoms with Crippen molar-refractivity contribution in [3.8, 4) is 5.75 Å². The fraction of sp³-hybridized carbons (Fsp3) is 0.188. The molecular weight excluding hydrogens is 448 g/mol. The van der Waals surface area contributed by atoms with Crippen LogP contribution in [0.2, 0.25) is 0 Å². The molecule has 0 saturated heterocycles. The highest BCUT2D eigenvalue weighted by atomic mass is 32.2. The molecule has 0 aliphatic rings. The molecule has 1 atom stereocenters. The van der Waals surface area contributed by atoms with Gasteiger partial charge in [0.1, 0.15) is 28.3 Å². The van der Waals surface area contributed by atoms with Gasteiger partial charge in [-0.2, -0.15) is 4.72 Å². The first-order valence-corrected chi connectivity index (χ1v) is 11.0. The van der Waals surface area contributed by atoms with Gasteiger partial charge in [-0.25, -0.2) is 35.8 Å². The number of hydrogen-bond acceptors (Lipinski definition) is 7. The Kier molecular flexibility index (Phi) is 7.44. The fourth-order valence-corrected chi connectivity index (χ4v) is 4.54. The molecule has 2 aromatic rings. The Morgan fingerprint density at radius 1 is 1.07 bits per heavy atom. The van der Waals surface area contributed by atoms with E-state index in [1.165, 1.54) is 36.9 Å². The molecular formula is C16H17F2N3O7S2. The normalized spacial score (nSPS) is 12.9. The second kappa shape index (κ2) is 9.44. The van der Waals surface area contributed by atoms with Crippen molar-refractivity contribution in [1.82, 2.24) is 14.9 Å². The number of sulfonamides is 2.